The van der Waals surface area contributed by atoms with Gasteiger partial charge in [-0.2, -0.15) is 0 Å². The van der Waals surface area contributed by atoms with Gasteiger partial charge in [0.25, 0.3) is 0 Å². The highest BCUT2D eigenvalue weighted by Gasteiger charge is 2.24. The van der Waals surface area contributed by atoms with Crippen LogP contribution in [0.3, 0.4) is 0 Å². The van der Waals surface area contributed by atoms with Crippen molar-refractivity contribution in [2.75, 3.05) is 53.0 Å². The highest BCUT2D eigenvalue weighted by Crippen LogP contribution is 2.28. The van der Waals surface area contributed by atoms with Crippen molar-refractivity contribution in [1.29, 1.82) is 0 Å². The van der Waals surface area contributed by atoms with Crippen LogP contribution in [0.1, 0.15) is 19.4 Å². The predicted molar refractivity (Wildman–Crippen MR) is 101 cm³/mol. The molecule has 0 atom stereocenters. The Morgan fingerprint density at radius 1 is 1.04 bits per heavy atom. The molecular formula is C19H29N3O5. The molecule has 0 bridgehead atoms. The maximum absolute atomic E-state index is 12.3. The Hall–Kier alpha value is -2.64. The van der Waals surface area contributed by atoms with E-state index in [-0.39, 0.29) is 12.1 Å². The molecule has 0 unspecified atom stereocenters. The van der Waals surface area contributed by atoms with Crippen molar-refractivity contribution >= 4 is 12.1 Å². The summed E-state index contributed by atoms with van der Waals surface area (Å²) in [5.74, 6) is 1.41. The number of piperazine rings is 1. The minimum atomic E-state index is -0.318. The average Bonchev–Trinajstić information content (AvgIpc) is 2.69. The minimum absolute atomic E-state index is 0.114. The fourth-order valence-electron chi connectivity index (χ4n) is 2.87. The zero-order valence-electron chi connectivity index (χ0n) is 16.3. The van der Waals surface area contributed by atoms with Gasteiger partial charge < -0.3 is 29.3 Å². The number of amides is 3. The van der Waals surface area contributed by atoms with Gasteiger partial charge in [0.2, 0.25) is 0 Å². The lowest BCUT2D eigenvalue weighted by Gasteiger charge is -2.34. The van der Waals surface area contributed by atoms with Crippen molar-refractivity contribution in [3.63, 3.8) is 0 Å². The quantitative estimate of drug-likeness (QED) is 0.785. The van der Waals surface area contributed by atoms with Gasteiger partial charge in [-0.3, -0.25) is 0 Å². The SMILES string of the molecule is CCOC(=O)N1CCN(C(=O)NCCc2ccc(OCC)c(OC)c2)CC1. The third kappa shape index (κ3) is 5.94. The van der Waals surface area contributed by atoms with E-state index in [1.807, 2.05) is 25.1 Å². The topological polar surface area (TPSA) is 80.3 Å². The van der Waals surface area contributed by atoms with Crippen LogP contribution in [0.15, 0.2) is 18.2 Å². The number of hydrogen-bond donors (Lipinski definition) is 1. The molecule has 0 radical (unpaired) electrons. The van der Waals surface area contributed by atoms with Crippen molar-refractivity contribution in [1.82, 2.24) is 15.1 Å². The molecule has 1 N–H and O–H groups in total. The number of carbonyl (C=O) groups excluding carboxylic acids is 2. The molecular weight excluding hydrogens is 350 g/mol. The number of nitrogens with zero attached hydrogens (tertiary/aromatic N) is 2. The number of nitrogens with one attached hydrogen (secondary N) is 1. The molecule has 1 heterocycles. The zero-order valence-corrected chi connectivity index (χ0v) is 16.3. The first-order valence-electron chi connectivity index (χ1n) is 9.33. The van der Waals surface area contributed by atoms with Crippen LogP contribution in [0.2, 0.25) is 0 Å². The van der Waals surface area contributed by atoms with E-state index in [2.05, 4.69) is 5.32 Å². The third-order valence-electron chi connectivity index (χ3n) is 4.31. The Kier molecular flexibility index (Phi) is 8.03. The summed E-state index contributed by atoms with van der Waals surface area (Å²) in [4.78, 5) is 27.3. The van der Waals surface area contributed by atoms with Gasteiger partial charge in [0.05, 0.1) is 20.3 Å². The lowest BCUT2D eigenvalue weighted by atomic mass is 10.1. The molecule has 150 valence electrons. The van der Waals surface area contributed by atoms with Crippen LogP contribution in [0.5, 0.6) is 11.5 Å². The maximum Gasteiger partial charge on any atom is 0.409 e. The van der Waals surface area contributed by atoms with Crippen molar-refractivity contribution in [2.24, 2.45) is 0 Å². The summed E-state index contributed by atoms with van der Waals surface area (Å²) in [7, 11) is 1.61. The summed E-state index contributed by atoms with van der Waals surface area (Å²) in [6, 6.07) is 5.66. The van der Waals surface area contributed by atoms with Crippen LogP contribution in [0.25, 0.3) is 0 Å². The van der Waals surface area contributed by atoms with Gasteiger partial charge in [-0.05, 0) is 38.0 Å². The number of carbonyl (C=O) groups is 2. The van der Waals surface area contributed by atoms with E-state index >= 15 is 0 Å². The molecule has 0 saturated carbocycles. The van der Waals surface area contributed by atoms with Gasteiger partial charge in [-0.25, -0.2) is 9.59 Å². The number of methoxy groups -OCH3 is 1. The van der Waals surface area contributed by atoms with Crippen LogP contribution < -0.4 is 14.8 Å². The molecule has 8 heteroatoms. The summed E-state index contributed by atoms with van der Waals surface area (Å²) < 4.78 is 15.8. The molecule has 0 spiro atoms. The van der Waals surface area contributed by atoms with Crippen molar-refractivity contribution in [3.8, 4) is 11.5 Å². The zero-order chi connectivity index (χ0) is 19.6. The first-order chi connectivity index (χ1) is 13.1. The molecule has 0 aliphatic carbocycles. The predicted octanol–water partition coefficient (Wildman–Crippen LogP) is 2.12. The summed E-state index contributed by atoms with van der Waals surface area (Å²) in [5, 5.41) is 2.93. The standard InChI is InChI=1S/C19H29N3O5/c1-4-26-16-7-6-15(14-17(16)25-3)8-9-20-18(23)21-10-12-22(13-11-21)19(24)27-5-2/h6-7,14H,4-5,8-13H2,1-3H3,(H,20,23). The second kappa shape index (κ2) is 10.5. The number of urea groups is 1. The van der Waals surface area contributed by atoms with Crippen LogP contribution in [-0.2, 0) is 11.2 Å². The highest BCUT2D eigenvalue weighted by atomic mass is 16.6. The average molecular weight is 379 g/mol. The van der Waals surface area contributed by atoms with Gasteiger partial charge in [-0.15, -0.1) is 0 Å². The molecule has 8 nitrogen and oxygen atoms in total. The number of benzene rings is 1. The fourth-order valence-corrected chi connectivity index (χ4v) is 2.87. The van der Waals surface area contributed by atoms with E-state index in [0.29, 0.717) is 63.9 Å². The Bertz CT molecular complexity index is 630. The van der Waals surface area contributed by atoms with Gasteiger partial charge in [0, 0.05) is 32.7 Å². The van der Waals surface area contributed by atoms with Crippen LogP contribution in [-0.4, -0.2) is 75.0 Å². The van der Waals surface area contributed by atoms with Crippen LogP contribution in [0, 0.1) is 0 Å². The molecule has 1 aliphatic rings. The highest BCUT2D eigenvalue weighted by molar-refractivity contribution is 5.75. The molecule has 1 saturated heterocycles. The fraction of sp³-hybridized carbons (Fsp3) is 0.579. The van der Waals surface area contributed by atoms with Crippen LogP contribution >= 0.6 is 0 Å². The largest absolute Gasteiger partial charge is 0.493 e. The number of rotatable bonds is 7. The van der Waals surface area contributed by atoms with Gasteiger partial charge >= 0.3 is 12.1 Å². The van der Waals surface area contributed by atoms with E-state index in [1.54, 1.807) is 23.8 Å². The first kappa shape index (κ1) is 20.7. The Balaban J connectivity index is 1.76. The summed E-state index contributed by atoms with van der Waals surface area (Å²) in [6.45, 7) is 7.14. The van der Waals surface area contributed by atoms with Crippen molar-refractivity contribution in [3.05, 3.63) is 23.8 Å². The van der Waals surface area contributed by atoms with Crippen molar-refractivity contribution in [2.45, 2.75) is 20.3 Å². The normalized spacial score (nSPS) is 13.9. The molecule has 1 aromatic rings. The second-order valence-electron chi connectivity index (χ2n) is 6.07. The monoisotopic (exact) mass is 379 g/mol. The van der Waals surface area contributed by atoms with E-state index in [1.165, 1.54) is 0 Å². The van der Waals surface area contributed by atoms with E-state index in [4.69, 9.17) is 14.2 Å². The Morgan fingerprint density at radius 2 is 1.74 bits per heavy atom. The van der Waals surface area contributed by atoms with Gasteiger partial charge in [0.1, 0.15) is 0 Å². The lowest BCUT2D eigenvalue weighted by Crippen LogP contribution is -2.53. The number of ether oxygens (including phenoxy) is 3. The Labute approximate surface area is 160 Å². The summed E-state index contributed by atoms with van der Waals surface area (Å²) in [5.41, 5.74) is 1.06. The maximum atomic E-state index is 12.3. The molecule has 3 amide bonds. The molecule has 1 aliphatic heterocycles. The van der Waals surface area contributed by atoms with Gasteiger partial charge in [-0.1, -0.05) is 6.07 Å². The second-order valence-corrected chi connectivity index (χ2v) is 6.07. The molecule has 1 aromatic carbocycles. The number of hydrogen-bond acceptors (Lipinski definition) is 5. The Morgan fingerprint density at radius 3 is 2.37 bits per heavy atom. The van der Waals surface area contributed by atoms with E-state index in [9.17, 15) is 9.59 Å². The third-order valence-corrected chi connectivity index (χ3v) is 4.31. The lowest BCUT2D eigenvalue weighted by molar-refractivity contribution is 0.0852. The first-order valence-corrected chi connectivity index (χ1v) is 9.33. The molecule has 27 heavy (non-hydrogen) atoms. The van der Waals surface area contributed by atoms with Gasteiger partial charge in [0.15, 0.2) is 11.5 Å². The molecule has 2 rings (SSSR count). The summed E-state index contributed by atoms with van der Waals surface area (Å²) in [6.07, 6.45) is 0.374. The summed E-state index contributed by atoms with van der Waals surface area (Å²) >= 11 is 0. The van der Waals surface area contributed by atoms with Crippen LogP contribution in [0.4, 0.5) is 9.59 Å². The van der Waals surface area contributed by atoms with Crippen molar-refractivity contribution < 1.29 is 23.8 Å². The molecule has 0 aromatic heterocycles. The molecule has 1 fully saturated rings. The minimum Gasteiger partial charge on any atom is -0.493 e. The smallest absolute Gasteiger partial charge is 0.409 e. The van der Waals surface area contributed by atoms with E-state index in [0.717, 1.165) is 5.56 Å². The van der Waals surface area contributed by atoms with E-state index < -0.39 is 0 Å².